The number of carbonyl (C=O) groups is 17. The van der Waals surface area contributed by atoms with Gasteiger partial charge in [0, 0.05) is 113 Å². The van der Waals surface area contributed by atoms with E-state index in [1.54, 1.807) is 31.3 Å². The summed E-state index contributed by atoms with van der Waals surface area (Å²) in [6.45, 7) is 6.34. The van der Waals surface area contributed by atoms with Gasteiger partial charge in [-0.3, -0.25) is 86.9 Å². The van der Waals surface area contributed by atoms with Gasteiger partial charge in [-0.25, -0.2) is 4.98 Å². The first-order chi connectivity index (χ1) is 63.4. The molecule has 0 saturated carbocycles. The van der Waals surface area contributed by atoms with Crippen LogP contribution in [0, 0.1) is 11.3 Å². The summed E-state index contributed by atoms with van der Waals surface area (Å²) in [6.07, 6.45) is 4.12. The SMILES string of the molecule is CCCC[C@H]1C(=O)N(C)[C@@H](COCC)C(=O)N[C@@H](CCCNC(=N)N)C(=O)NC(C(=O)NCC(N)=O)CSCC(=O)N[C@@H](Cc2ccc(O)cc2)C(=O)N(C)[C@@H](C)C(=O)N[C@@H](CC(N)=O)C(=O)N2CCC[C@H]2C(=O)N[C@@H](Cc2cnc[nH]2)C(=O)N[C@@H](CC(C)C)C(=O)N2CCC[C@H]2C(=O)N[C@@H](Cc2c[nH]c3ccccc23)C(=O)NCC(=O)N[C@@H](Cc2csc3ccccc23)C(=O)N1C. The number of ether oxygens (including phenoxy) is 1. The predicted molar refractivity (Wildman–Crippen MR) is 493 cm³/mol. The van der Waals surface area contributed by atoms with E-state index in [0.29, 0.717) is 52.5 Å². The number of phenols is 1. The van der Waals surface area contributed by atoms with E-state index < -0.39 is 223 Å². The topological polar surface area (TPSA) is 615 Å². The Morgan fingerprint density at radius 2 is 1.18 bits per heavy atom. The molecule has 3 aromatic carbocycles. The molecule has 3 saturated heterocycles. The Hall–Kier alpha value is -13.3. The number of rotatable bonds is 25. The van der Waals surface area contributed by atoms with Crippen LogP contribution in [0.15, 0.2) is 96.9 Å². The third kappa shape index (κ3) is 29.4. The fourth-order valence-electron chi connectivity index (χ4n) is 16.2. The molecule has 6 heterocycles. The third-order valence-electron chi connectivity index (χ3n) is 23.5. The van der Waals surface area contributed by atoms with E-state index in [1.165, 1.54) is 86.0 Å². The molecule has 42 nitrogen and oxygen atoms in total. The minimum absolute atomic E-state index is 0.0116. The van der Waals surface area contributed by atoms with Crippen LogP contribution in [0.25, 0.3) is 21.0 Å². The standard InChI is InChI=1S/C89H123N23O19S2/c1-9-11-23-69-88(130)110(8)70(44-131-10-2)83(125)102-59(22-16-31-95-89(92)93)79(121)107-66(78(120)97-42-73(91)115)46-132-47-75(117)101-63(35-51-27-29-55(113)30-28-51)84(126)108(6)50(5)76(118)105-65(39-72(90)114)87(129)112-33-18-25-68(112)82(124)104-61(38-54-41-94-48-99-54)80(122)106-62(34-49(3)4)86(128)111-32-17-24-67(111)81(123)103-60(36-52-40-96-58-21-14-12-19-56(52)58)77(119)98-43-74(116)100-64(85(127)109(69)7)37-53-45-133-71-26-15-13-20-57(53)71/h12-15,19-21,26-30,40-41,45,48-50,59-70,96,113H,9-11,16-18,22-25,31-39,42-44,46-47H2,1-8H3,(H2,90,114)(H2,91,115)(H,94,99)(H,97,120)(H,98,119)(H,100,116)(H,101,117)(H,102,125)(H,103,123)(H,104,124)(H,105,118)(H,106,122)(H,107,121)(H4,92,93,95)/t50-,59-,60-,61-,62-,63-,64-,65-,66?,67-,68-,69-,70-/m0/s1. The van der Waals surface area contributed by atoms with Crippen molar-refractivity contribution in [1.82, 2.24) is 97.9 Å². The van der Waals surface area contributed by atoms with Crippen LogP contribution in [-0.2, 0) is 112 Å². The Morgan fingerprint density at radius 3 is 1.82 bits per heavy atom. The number of aromatic nitrogens is 3. The first kappa shape index (κ1) is 103. The molecule has 3 aliphatic rings. The highest BCUT2D eigenvalue weighted by Crippen LogP contribution is 2.30. The number of aromatic hydroxyl groups is 1. The van der Waals surface area contributed by atoms with Crippen LogP contribution in [0.2, 0.25) is 0 Å². The molecule has 3 aliphatic heterocycles. The second kappa shape index (κ2) is 49.8. The van der Waals surface area contributed by atoms with E-state index in [4.69, 9.17) is 27.3 Å². The fourth-order valence-corrected chi connectivity index (χ4v) is 18.0. The number of H-pyrrole nitrogens is 2. The largest absolute Gasteiger partial charge is 0.508 e. The minimum Gasteiger partial charge on any atom is -0.508 e. The number of imidazole rings is 1. The number of likely N-dealkylation sites (N-methyl/N-ethyl adjacent to an activating group) is 3. The summed E-state index contributed by atoms with van der Waals surface area (Å²) in [5, 5.41) is 50.7. The summed E-state index contributed by atoms with van der Waals surface area (Å²) in [5.41, 5.74) is 19.5. The molecule has 9 rings (SSSR count). The van der Waals surface area contributed by atoms with Crippen molar-refractivity contribution in [1.29, 1.82) is 5.41 Å². The molecule has 3 fully saturated rings. The summed E-state index contributed by atoms with van der Waals surface area (Å²) >= 11 is 2.15. The van der Waals surface area contributed by atoms with Gasteiger partial charge in [-0.1, -0.05) is 82.1 Å². The van der Waals surface area contributed by atoms with Crippen LogP contribution in [-0.4, -0.2) is 308 Å². The molecule has 0 radical (unpaired) electrons. The van der Waals surface area contributed by atoms with Gasteiger partial charge in [0.2, 0.25) is 100 Å². The van der Waals surface area contributed by atoms with Crippen LogP contribution >= 0.6 is 23.1 Å². The number of phenolic OH excluding ortho intramolecular Hbond substituents is 1. The molecule has 0 aliphatic carbocycles. The van der Waals surface area contributed by atoms with E-state index in [-0.39, 0.29) is 109 Å². The zero-order chi connectivity index (χ0) is 96.9. The molecule has 0 bridgehead atoms. The number of thiophene rings is 1. The molecule has 0 spiro atoms. The number of nitrogens with two attached hydrogens (primary N) is 3. The molecule has 13 atom stereocenters. The Bertz CT molecular complexity index is 5150. The maximum absolute atomic E-state index is 15.6. The lowest BCUT2D eigenvalue weighted by Gasteiger charge is -2.36. The van der Waals surface area contributed by atoms with Crippen LogP contribution < -0.4 is 75.7 Å². The molecule has 3 aromatic heterocycles. The lowest BCUT2D eigenvalue weighted by molar-refractivity contribution is -0.150. The van der Waals surface area contributed by atoms with Crippen LogP contribution in [0.5, 0.6) is 5.75 Å². The molecule has 21 N–H and O–H groups in total. The van der Waals surface area contributed by atoms with Crippen molar-refractivity contribution in [3.05, 3.63) is 119 Å². The molecular weight excluding hydrogens is 1760 g/mol. The van der Waals surface area contributed by atoms with Gasteiger partial charge in [0.25, 0.3) is 0 Å². The van der Waals surface area contributed by atoms with Crippen molar-refractivity contribution in [3.8, 4) is 5.75 Å². The number of amides is 17. The summed E-state index contributed by atoms with van der Waals surface area (Å²) < 4.78 is 6.69. The number of para-hydroxylation sites is 1. The van der Waals surface area contributed by atoms with Crippen molar-refractivity contribution in [2.75, 3.05) is 78.6 Å². The number of hydrogen-bond acceptors (Lipinski definition) is 23. The molecule has 44 heteroatoms. The van der Waals surface area contributed by atoms with Gasteiger partial charge in [-0.05, 0) is 123 Å². The maximum Gasteiger partial charge on any atom is 0.246 e. The van der Waals surface area contributed by atoms with Crippen LogP contribution in [0.3, 0.4) is 0 Å². The number of nitrogens with zero attached hydrogens (tertiary/aromatic N) is 6. The lowest BCUT2D eigenvalue weighted by atomic mass is 10.0. The molecule has 17 amide bonds. The molecular formula is C89H123N23O19S2. The highest BCUT2D eigenvalue weighted by Gasteiger charge is 2.45. The van der Waals surface area contributed by atoms with Crippen LogP contribution in [0.4, 0.5) is 0 Å². The van der Waals surface area contributed by atoms with E-state index in [0.717, 1.165) is 36.5 Å². The van der Waals surface area contributed by atoms with Crippen molar-refractivity contribution >= 4 is 150 Å². The van der Waals surface area contributed by atoms with Crippen LogP contribution in [0.1, 0.15) is 128 Å². The zero-order valence-electron chi connectivity index (χ0n) is 75.8. The van der Waals surface area contributed by atoms with Gasteiger partial charge < -0.3 is 120 Å². The second-order valence-corrected chi connectivity index (χ2v) is 35.7. The smallest absolute Gasteiger partial charge is 0.246 e. The monoisotopic (exact) mass is 1880 g/mol. The molecule has 720 valence electrons. The number of thioether (sulfide) groups is 1. The number of nitrogens with one attached hydrogen (secondary N) is 14. The number of carbonyl (C=O) groups excluding carboxylic acids is 17. The second-order valence-electron chi connectivity index (χ2n) is 33.7. The first-order valence-corrected chi connectivity index (χ1v) is 46.4. The van der Waals surface area contributed by atoms with Gasteiger partial charge in [0.15, 0.2) is 5.96 Å². The predicted octanol–water partition coefficient (Wildman–Crippen LogP) is -1.68. The minimum atomic E-state index is -1.76. The number of hydrogen-bond donors (Lipinski definition) is 18. The van der Waals surface area contributed by atoms with Crippen molar-refractivity contribution in [2.24, 2.45) is 23.1 Å². The number of unbranched alkanes of at least 4 members (excludes halogenated alkanes) is 1. The number of fused-ring (bicyclic) bond motifs is 4. The lowest BCUT2D eigenvalue weighted by Crippen LogP contribution is -2.61. The normalized spacial score (nSPS) is 23.8. The Morgan fingerprint density at radius 1 is 0.586 bits per heavy atom. The van der Waals surface area contributed by atoms with E-state index in [9.17, 15) is 53.1 Å². The van der Waals surface area contributed by atoms with Crippen molar-refractivity contribution in [2.45, 2.75) is 209 Å². The van der Waals surface area contributed by atoms with Gasteiger partial charge in [-0.15, -0.1) is 23.1 Å². The average molecular weight is 1880 g/mol. The van der Waals surface area contributed by atoms with E-state index >= 15 is 33.6 Å². The van der Waals surface area contributed by atoms with Gasteiger partial charge >= 0.3 is 0 Å². The molecule has 6 aromatic rings. The highest BCUT2D eigenvalue weighted by atomic mass is 32.2. The Kier molecular flexibility index (Phi) is 38.8. The fraction of sp³-hybridized carbons (Fsp3) is 0.517. The number of guanidine groups is 1. The Labute approximate surface area is 777 Å². The summed E-state index contributed by atoms with van der Waals surface area (Å²) in [5.74, 6) is -16.9. The van der Waals surface area contributed by atoms with Crippen molar-refractivity contribution in [3.63, 3.8) is 0 Å². The van der Waals surface area contributed by atoms with E-state index in [1.807, 2.05) is 56.5 Å². The first-order valence-electron chi connectivity index (χ1n) is 44.4. The number of primary amides is 2. The van der Waals surface area contributed by atoms with Gasteiger partial charge in [-0.2, -0.15) is 0 Å². The average Bonchev–Trinajstić information content (AvgIpc) is 1.75. The van der Waals surface area contributed by atoms with Gasteiger partial charge in [0.05, 0.1) is 38.2 Å². The number of aromatic amines is 2. The maximum atomic E-state index is 15.6. The summed E-state index contributed by atoms with van der Waals surface area (Å²) in [6, 6.07) is 0.980. The molecule has 133 heavy (non-hydrogen) atoms. The summed E-state index contributed by atoms with van der Waals surface area (Å²) in [4.78, 5) is 265. The highest BCUT2D eigenvalue weighted by molar-refractivity contribution is 8.00. The number of benzene rings is 3. The summed E-state index contributed by atoms with van der Waals surface area (Å²) in [7, 11) is 3.90. The quantitative estimate of drug-likeness (QED) is 0.0173. The molecule has 1 unspecified atom stereocenters. The van der Waals surface area contributed by atoms with Gasteiger partial charge in [0.1, 0.15) is 84.3 Å². The van der Waals surface area contributed by atoms with E-state index in [2.05, 4.69) is 73.4 Å². The Balaban J connectivity index is 1.08. The van der Waals surface area contributed by atoms with Crippen molar-refractivity contribution < 1.29 is 91.4 Å². The third-order valence-corrected chi connectivity index (χ3v) is 25.5. The zero-order valence-corrected chi connectivity index (χ0v) is 77.5.